The fourth-order valence-corrected chi connectivity index (χ4v) is 4.94. The van der Waals surface area contributed by atoms with Crippen molar-refractivity contribution >= 4 is 50.8 Å². The Balaban J connectivity index is 1.47. The van der Waals surface area contributed by atoms with Crippen molar-refractivity contribution < 1.29 is 50.3 Å². The Morgan fingerprint density at radius 2 is 1.90 bits per heavy atom. The fourth-order valence-electron chi connectivity index (χ4n) is 3.72. The molecule has 1 fully saturated rings. The zero-order valence-corrected chi connectivity index (χ0v) is 23.2. The molecule has 4 rings (SSSR count). The Kier molecular flexibility index (Phi) is 8.67. The van der Waals surface area contributed by atoms with Gasteiger partial charge >= 0.3 is 21.9 Å². The van der Waals surface area contributed by atoms with Gasteiger partial charge in [0.05, 0.1) is 12.9 Å². The van der Waals surface area contributed by atoms with Crippen molar-refractivity contribution in [1.29, 1.82) is 0 Å². The maximum absolute atomic E-state index is 12.8. The van der Waals surface area contributed by atoms with Crippen LogP contribution in [0, 0.1) is 0 Å². The van der Waals surface area contributed by atoms with Crippen molar-refractivity contribution in [1.82, 2.24) is 24.2 Å². The van der Waals surface area contributed by atoms with Crippen LogP contribution >= 0.6 is 11.8 Å². The Labute approximate surface area is 235 Å². The molecular weight excluding hydrogens is 597 g/mol. The molecule has 0 unspecified atom stereocenters. The number of carbonyl (C=O) groups excluding carboxylic acids is 1. The highest BCUT2D eigenvalue weighted by Crippen LogP contribution is 2.38. The summed E-state index contributed by atoms with van der Waals surface area (Å²) in [6.45, 7) is 3.82. The standard InChI is InChI=1S/C22H25F3N6O8S2/c1-21(2,3)39-20(34)30-41(35,36)37-8-13-15(32)16(33)19(38-13)31-10-28-14-17(26-9-27-18(14)31)29-11-5-4-6-12(7-11)40-22(23,24)25/h4-7,9-10,13,15-16,19,32-33H,8H2,1-3H3,(H,30,34)(H,26,27,29)/t13-,15-,16-,19-/m1/s1. The van der Waals surface area contributed by atoms with E-state index in [4.69, 9.17) is 13.7 Å². The smallest absolute Gasteiger partial charge is 0.443 e. The molecule has 19 heteroatoms. The first kappa shape index (κ1) is 30.7. The molecule has 0 radical (unpaired) electrons. The van der Waals surface area contributed by atoms with E-state index in [2.05, 4.69) is 20.3 Å². The van der Waals surface area contributed by atoms with E-state index < -0.39 is 58.7 Å². The van der Waals surface area contributed by atoms with Crippen LogP contribution in [-0.4, -0.2) is 80.3 Å². The van der Waals surface area contributed by atoms with Gasteiger partial charge in [0, 0.05) is 10.6 Å². The summed E-state index contributed by atoms with van der Waals surface area (Å²) in [5.74, 6) is 0.134. The quantitative estimate of drug-likeness (QED) is 0.269. The predicted molar refractivity (Wildman–Crippen MR) is 137 cm³/mol. The van der Waals surface area contributed by atoms with Gasteiger partial charge in [-0.3, -0.25) is 8.75 Å². The Morgan fingerprint density at radius 1 is 1.17 bits per heavy atom. The van der Waals surface area contributed by atoms with E-state index in [1.807, 2.05) is 0 Å². The first-order valence-corrected chi connectivity index (χ1v) is 14.0. The van der Waals surface area contributed by atoms with Gasteiger partial charge < -0.3 is 25.0 Å². The monoisotopic (exact) mass is 622 g/mol. The fraction of sp³-hybridized carbons (Fsp3) is 0.455. The van der Waals surface area contributed by atoms with Crippen LogP contribution in [0.25, 0.3) is 11.2 Å². The summed E-state index contributed by atoms with van der Waals surface area (Å²) in [5, 5.41) is 24.0. The van der Waals surface area contributed by atoms with Gasteiger partial charge in [-0.1, -0.05) is 6.07 Å². The van der Waals surface area contributed by atoms with Crippen LogP contribution in [0.1, 0.15) is 27.0 Å². The second-order valence-electron chi connectivity index (χ2n) is 9.64. The van der Waals surface area contributed by atoms with Gasteiger partial charge in [-0.25, -0.2) is 19.7 Å². The average Bonchev–Trinajstić information content (AvgIpc) is 3.37. The lowest BCUT2D eigenvalue weighted by Gasteiger charge is -2.20. The topological polar surface area (TPSA) is 187 Å². The molecule has 1 aliphatic rings. The largest absolute Gasteiger partial charge is 0.446 e. The predicted octanol–water partition coefficient (Wildman–Crippen LogP) is 2.59. The van der Waals surface area contributed by atoms with Gasteiger partial charge in [0.1, 0.15) is 30.2 Å². The number of aromatic nitrogens is 4. The number of nitrogens with zero attached hydrogens (tertiary/aromatic N) is 4. The third kappa shape index (κ3) is 7.95. The van der Waals surface area contributed by atoms with Crippen molar-refractivity contribution in [3.8, 4) is 0 Å². The number of imidazole rings is 1. The van der Waals surface area contributed by atoms with Crippen molar-refractivity contribution in [2.75, 3.05) is 11.9 Å². The number of aliphatic hydroxyl groups is 2. The zero-order chi connectivity index (χ0) is 30.2. The summed E-state index contributed by atoms with van der Waals surface area (Å²) in [5.41, 5.74) is -4.85. The van der Waals surface area contributed by atoms with Crippen molar-refractivity contribution in [2.45, 2.75) is 61.3 Å². The number of halogens is 3. The normalized spacial score (nSPS) is 21.7. The number of alkyl halides is 3. The minimum atomic E-state index is -4.65. The molecule has 1 saturated heterocycles. The van der Waals surface area contributed by atoms with Gasteiger partial charge in [-0.2, -0.15) is 26.3 Å². The summed E-state index contributed by atoms with van der Waals surface area (Å²) in [4.78, 5) is 24.1. The van der Waals surface area contributed by atoms with E-state index in [1.54, 1.807) is 4.72 Å². The molecule has 1 aromatic carbocycles. The number of rotatable bonds is 8. The third-order valence-electron chi connectivity index (χ3n) is 5.30. The number of anilines is 2. The molecule has 41 heavy (non-hydrogen) atoms. The molecule has 224 valence electrons. The molecule has 0 bridgehead atoms. The number of hydrogen-bond donors (Lipinski definition) is 4. The highest BCUT2D eigenvalue weighted by Gasteiger charge is 2.45. The van der Waals surface area contributed by atoms with Crippen molar-refractivity contribution in [2.24, 2.45) is 0 Å². The van der Waals surface area contributed by atoms with Gasteiger partial charge in [0.15, 0.2) is 23.2 Å². The second-order valence-corrected chi connectivity index (χ2v) is 12.1. The lowest BCUT2D eigenvalue weighted by Crippen LogP contribution is -2.39. The van der Waals surface area contributed by atoms with Gasteiger partial charge in [0.2, 0.25) is 0 Å². The molecule has 3 aromatic rings. The lowest BCUT2D eigenvalue weighted by molar-refractivity contribution is -0.0469. The van der Waals surface area contributed by atoms with E-state index in [0.717, 1.165) is 6.33 Å². The number of amides is 1. The number of fused-ring (bicyclic) bond motifs is 1. The first-order valence-electron chi connectivity index (χ1n) is 11.7. The lowest BCUT2D eigenvalue weighted by atomic mass is 10.1. The zero-order valence-electron chi connectivity index (χ0n) is 21.6. The highest BCUT2D eigenvalue weighted by atomic mass is 32.2. The van der Waals surface area contributed by atoms with Crippen molar-refractivity contribution in [3.63, 3.8) is 0 Å². The van der Waals surface area contributed by atoms with Crippen LogP contribution < -0.4 is 10.0 Å². The van der Waals surface area contributed by atoms with Crippen LogP contribution in [0.4, 0.5) is 29.5 Å². The molecule has 0 saturated carbocycles. The van der Waals surface area contributed by atoms with E-state index in [9.17, 15) is 36.6 Å². The summed E-state index contributed by atoms with van der Waals surface area (Å²) in [6, 6.07) is 5.54. The van der Waals surface area contributed by atoms with E-state index in [1.165, 1.54) is 55.9 Å². The van der Waals surface area contributed by atoms with Crippen LogP contribution in [-0.2, 0) is 24.0 Å². The number of thioether (sulfide) groups is 1. The van der Waals surface area contributed by atoms with Crippen LogP contribution in [0.15, 0.2) is 41.8 Å². The van der Waals surface area contributed by atoms with Crippen LogP contribution in [0.2, 0.25) is 0 Å². The third-order valence-corrected chi connectivity index (χ3v) is 6.88. The molecule has 2 aromatic heterocycles. The Morgan fingerprint density at radius 3 is 2.59 bits per heavy atom. The summed E-state index contributed by atoms with van der Waals surface area (Å²) < 4.78 is 80.5. The SMILES string of the molecule is CC(C)(C)OC(=O)NS(=O)(=O)OC[C@H]1O[C@@H](n2cnc3c(Nc4cccc(SC(F)(F)F)c4)ncnc32)[C@H](O)[C@@H]1O. The average molecular weight is 623 g/mol. The molecule has 4 atom stereocenters. The van der Waals surface area contributed by atoms with E-state index >= 15 is 0 Å². The maximum atomic E-state index is 12.8. The molecule has 1 amide bonds. The Hall–Kier alpha value is -3.23. The molecular formula is C22H25F3N6O8S2. The number of benzene rings is 1. The second kappa shape index (κ2) is 11.6. The molecule has 14 nitrogen and oxygen atoms in total. The van der Waals surface area contributed by atoms with E-state index in [0.29, 0.717) is 5.69 Å². The van der Waals surface area contributed by atoms with Crippen molar-refractivity contribution in [3.05, 3.63) is 36.9 Å². The minimum Gasteiger partial charge on any atom is -0.443 e. The molecule has 0 aliphatic carbocycles. The summed E-state index contributed by atoms with van der Waals surface area (Å²) >= 11 is -0.274. The molecule has 1 aliphatic heterocycles. The number of hydrogen-bond acceptors (Lipinski definition) is 13. The molecule has 0 spiro atoms. The number of carbonyl (C=O) groups is 1. The minimum absolute atomic E-state index is 0.0497. The van der Waals surface area contributed by atoms with Gasteiger partial charge in [-0.15, -0.1) is 0 Å². The van der Waals surface area contributed by atoms with Gasteiger partial charge in [-0.05, 0) is 50.7 Å². The van der Waals surface area contributed by atoms with Gasteiger partial charge in [0.25, 0.3) is 0 Å². The van der Waals surface area contributed by atoms with Crippen LogP contribution in [0.3, 0.4) is 0 Å². The van der Waals surface area contributed by atoms with E-state index in [-0.39, 0.29) is 33.6 Å². The first-order chi connectivity index (χ1) is 19.0. The molecule has 3 heterocycles. The summed E-state index contributed by atoms with van der Waals surface area (Å²) in [7, 11) is -4.65. The number of nitrogens with one attached hydrogen (secondary N) is 2. The van der Waals surface area contributed by atoms with Crippen LogP contribution in [0.5, 0.6) is 0 Å². The Bertz CT molecular complexity index is 1510. The number of aliphatic hydroxyl groups excluding tert-OH is 2. The maximum Gasteiger partial charge on any atom is 0.446 e. The number of ether oxygens (including phenoxy) is 2. The molecule has 4 N–H and O–H groups in total. The summed E-state index contributed by atoms with van der Waals surface area (Å²) in [6.07, 6.45) is -4.74. The highest BCUT2D eigenvalue weighted by molar-refractivity contribution is 8.00.